The average molecular weight is 278 g/mol. The number of alkyl halides is 3. The lowest BCUT2D eigenvalue weighted by Crippen LogP contribution is -2.47. The van der Waals surface area contributed by atoms with E-state index in [0.717, 1.165) is 24.2 Å². The largest absolute Gasteiger partial charge is 0.406 e. The first kappa shape index (κ1) is 14.6. The van der Waals surface area contributed by atoms with Crippen molar-refractivity contribution in [3.8, 4) is 0 Å². The number of amides is 1. The molecule has 0 spiro atoms. The van der Waals surface area contributed by atoms with Gasteiger partial charge in [0.2, 0.25) is 5.91 Å². The van der Waals surface area contributed by atoms with E-state index in [1.165, 1.54) is 0 Å². The fourth-order valence-corrected chi connectivity index (χ4v) is 2.99. The predicted octanol–water partition coefficient (Wildman–Crippen LogP) is 2.30. The van der Waals surface area contributed by atoms with Crippen molar-refractivity contribution >= 4 is 5.91 Å². The van der Waals surface area contributed by atoms with Crippen LogP contribution in [0.5, 0.6) is 0 Å². The van der Waals surface area contributed by atoms with Gasteiger partial charge in [-0.25, -0.2) is 0 Å². The van der Waals surface area contributed by atoms with Gasteiger partial charge in [0.15, 0.2) is 0 Å². The van der Waals surface area contributed by atoms with Gasteiger partial charge in [0.1, 0.15) is 6.54 Å². The van der Waals surface area contributed by atoms with Crippen LogP contribution in [-0.4, -0.2) is 36.1 Å². The molecule has 0 aromatic rings. The van der Waals surface area contributed by atoms with Crippen molar-refractivity contribution in [1.82, 2.24) is 4.90 Å². The molecule has 0 aromatic heterocycles. The molecule has 19 heavy (non-hydrogen) atoms. The average Bonchev–Trinajstić information content (AvgIpc) is 3.18. The summed E-state index contributed by atoms with van der Waals surface area (Å²) in [6.07, 6.45) is 0.555. The molecule has 2 aliphatic rings. The van der Waals surface area contributed by atoms with Crippen molar-refractivity contribution in [2.24, 2.45) is 17.6 Å². The Balaban J connectivity index is 2.05. The quantitative estimate of drug-likeness (QED) is 0.857. The Morgan fingerprint density at radius 3 is 2.32 bits per heavy atom. The third kappa shape index (κ3) is 3.84. The molecule has 2 saturated carbocycles. The summed E-state index contributed by atoms with van der Waals surface area (Å²) in [7, 11) is 0. The summed E-state index contributed by atoms with van der Waals surface area (Å²) in [6.45, 7) is -0.717. The highest BCUT2D eigenvalue weighted by molar-refractivity contribution is 5.80. The van der Waals surface area contributed by atoms with E-state index >= 15 is 0 Å². The topological polar surface area (TPSA) is 46.3 Å². The number of hydrogen-bond donors (Lipinski definition) is 1. The highest BCUT2D eigenvalue weighted by Gasteiger charge is 2.44. The summed E-state index contributed by atoms with van der Waals surface area (Å²) in [5.41, 5.74) is 5.66. The summed E-state index contributed by atoms with van der Waals surface area (Å²) in [6, 6.07) is -0.200. The Hall–Kier alpha value is -0.780. The molecule has 0 aromatic carbocycles. The Bertz CT molecular complexity index is 328. The van der Waals surface area contributed by atoms with Gasteiger partial charge >= 0.3 is 6.18 Å². The maximum Gasteiger partial charge on any atom is 0.406 e. The molecule has 2 atom stereocenters. The monoisotopic (exact) mass is 278 g/mol. The van der Waals surface area contributed by atoms with Gasteiger partial charge in [-0.3, -0.25) is 4.79 Å². The summed E-state index contributed by atoms with van der Waals surface area (Å²) in [5.74, 6) is -0.576. The van der Waals surface area contributed by atoms with Crippen LogP contribution >= 0.6 is 0 Å². The van der Waals surface area contributed by atoms with Crippen LogP contribution < -0.4 is 5.73 Å². The van der Waals surface area contributed by atoms with Crippen LogP contribution in [0.25, 0.3) is 0 Å². The molecular weight excluding hydrogens is 257 g/mol. The van der Waals surface area contributed by atoms with Gasteiger partial charge in [-0.1, -0.05) is 12.8 Å². The summed E-state index contributed by atoms with van der Waals surface area (Å²) in [4.78, 5) is 13.5. The van der Waals surface area contributed by atoms with Gasteiger partial charge in [-0.2, -0.15) is 13.2 Å². The van der Waals surface area contributed by atoms with Crippen molar-refractivity contribution in [2.45, 2.75) is 50.7 Å². The number of hydrogen-bond acceptors (Lipinski definition) is 2. The van der Waals surface area contributed by atoms with Gasteiger partial charge < -0.3 is 10.6 Å². The van der Waals surface area contributed by atoms with E-state index in [4.69, 9.17) is 5.73 Å². The molecule has 0 aliphatic heterocycles. The first-order chi connectivity index (χ1) is 8.92. The molecule has 2 rings (SSSR count). The Labute approximate surface area is 111 Å². The van der Waals surface area contributed by atoms with Gasteiger partial charge in [0.25, 0.3) is 0 Å². The van der Waals surface area contributed by atoms with Gasteiger partial charge in [-0.15, -0.1) is 0 Å². The highest BCUT2D eigenvalue weighted by atomic mass is 19.4. The standard InChI is InChI=1S/C13H21F3N2O/c14-13(15,16)8-18(10-5-6-10)12(19)11-4-2-1-3-9(11)7-17/h9-11H,1-8,17H2. The first-order valence-electron chi connectivity index (χ1n) is 6.99. The molecule has 3 nitrogen and oxygen atoms in total. The molecule has 2 aliphatic carbocycles. The minimum Gasteiger partial charge on any atom is -0.330 e. The van der Waals surface area contributed by atoms with E-state index in [2.05, 4.69) is 0 Å². The van der Waals surface area contributed by atoms with Crippen LogP contribution in [0.1, 0.15) is 38.5 Å². The number of carbonyl (C=O) groups excluding carboxylic acids is 1. The summed E-state index contributed by atoms with van der Waals surface area (Å²) >= 11 is 0. The SMILES string of the molecule is NCC1CCCCC1C(=O)N(CC(F)(F)F)C1CC1. The number of halogens is 3. The molecule has 2 N–H and O–H groups in total. The summed E-state index contributed by atoms with van der Waals surface area (Å²) in [5, 5.41) is 0. The van der Waals surface area contributed by atoms with Crippen LogP contribution in [0, 0.1) is 11.8 Å². The van der Waals surface area contributed by atoms with Crippen molar-refractivity contribution in [2.75, 3.05) is 13.1 Å². The zero-order valence-electron chi connectivity index (χ0n) is 11.0. The maximum absolute atomic E-state index is 12.6. The molecule has 0 radical (unpaired) electrons. The highest BCUT2D eigenvalue weighted by Crippen LogP contribution is 2.36. The van der Waals surface area contributed by atoms with Crippen LogP contribution in [0.15, 0.2) is 0 Å². The predicted molar refractivity (Wildman–Crippen MR) is 65.3 cm³/mol. The van der Waals surface area contributed by atoms with Gasteiger partial charge in [-0.05, 0) is 38.1 Å². The molecular formula is C13H21F3N2O. The van der Waals surface area contributed by atoms with E-state index in [-0.39, 0.29) is 23.8 Å². The smallest absolute Gasteiger partial charge is 0.330 e. The minimum absolute atomic E-state index is 0.0516. The minimum atomic E-state index is -4.31. The molecule has 0 bridgehead atoms. The number of nitrogens with zero attached hydrogens (tertiary/aromatic N) is 1. The molecule has 2 fully saturated rings. The van der Waals surface area contributed by atoms with Gasteiger partial charge in [0.05, 0.1) is 0 Å². The van der Waals surface area contributed by atoms with E-state index < -0.39 is 12.7 Å². The number of nitrogens with two attached hydrogens (primary N) is 1. The Morgan fingerprint density at radius 2 is 1.79 bits per heavy atom. The van der Waals surface area contributed by atoms with E-state index in [1.807, 2.05) is 0 Å². The lowest BCUT2D eigenvalue weighted by Gasteiger charge is -2.34. The Morgan fingerprint density at radius 1 is 1.16 bits per heavy atom. The van der Waals surface area contributed by atoms with Crippen LogP contribution in [0.2, 0.25) is 0 Å². The second kappa shape index (κ2) is 5.69. The van der Waals surface area contributed by atoms with Crippen molar-refractivity contribution in [1.29, 1.82) is 0 Å². The maximum atomic E-state index is 12.6. The van der Waals surface area contributed by atoms with Gasteiger partial charge in [0, 0.05) is 12.0 Å². The van der Waals surface area contributed by atoms with Crippen LogP contribution in [-0.2, 0) is 4.79 Å². The van der Waals surface area contributed by atoms with Crippen molar-refractivity contribution < 1.29 is 18.0 Å². The van der Waals surface area contributed by atoms with Crippen LogP contribution in [0.4, 0.5) is 13.2 Å². The number of rotatable bonds is 4. The fraction of sp³-hybridized carbons (Fsp3) is 0.923. The van der Waals surface area contributed by atoms with Crippen molar-refractivity contribution in [3.05, 3.63) is 0 Å². The molecule has 6 heteroatoms. The second-order valence-corrected chi connectivity index (χ2v) is 5.70. The Kier molecular flexibility index (Phi) is 4.38. The number of carbonyl (C=O) groups is 1. The summed E-state index contributed by atoms with van der Waals surface area (Å²) < 4.78 is 37.7. The zero-order valence-corrected chi connectivity index (χ0v) is 11.0. The fourth-order valence-electron chi connectivity index (χ4n) is 2.99. The van der Waals surface area contributed by atoms with Crippen molar-refractivity contribution in [3.63, 3.8) is 0 Å². The zero-order chi connectivity index (χ0) is 14.0. The van der Waals surface area contributed by atoms with E-state index in [9.17, 15) is 18.0 Å². The first-order valence-corrected chi connectivity index (χ1v) is 6.99. The van der Waals surface area contributed by atoms with E-state index in [1.54, 1.807) is 0 Å². The molecule has 2 unspecified atom stereocenters. The third-order valence-corrected chi connectivity index (χ3v) is 4.15. The lowest BCUT2D eigenvalue weighted by molar-refractivity contribution is -0.166. The molecule has 110 valence electrons. The lowest BCUT2D eigenvalue weighted by atomic mass is 9.78. The molecule has 0 saturated heterocycles. The molecule has 1 amide bonds. The normalized spacial score (nSPS) is 28.2. The van der Waals surface area contributed by atoms with E-state index in [0.29, 0.717) is 25.8 Å². The second-order valence-electron chi connectivity index (χ2n) is 5.70. The third-order valence-electron chi connectivity index (χ3n) is 4.15. The van der Waals surface area contributed by atoms with Crippen LogP contribution in [0.3, 0.4) is 0 Å². The molecule has 0 heterocycles.